The van der Waals surface area contributed by atoms with Gasteiger partial charge >= 0.3 is 5.97 Å². The summed E-state index contributed by atoms with van der Waals surface area (Å²) in [5, 5.41) is 16.1. The second-order valence-corrected chi connectivity index (χ2v) is 8.49. The molecule has 182 valence electrons. The van der Waals surface area contributed by atoms with Crippen molar-refractivity contribution < 1.29 is 24.2 Å². The van der Waals surface area contributed by atoms with E-state index in [1.54, 1.807) is 7.11 Å². The first-order chi connectivity index (χ1) is 16.9. The first kappa shape index (κ1) is 24.5. The van der Waals surface area contributed by atoms with E-state index < -0.39 is 12.0 Å². The van der Waals surface area contributed by atoms with Crippen molar-refractivity contribution in [3.8, 4) is 11.5 Å². The lowest BCUT2D eigenvalue weighted by atomic mass is 9.98. The number of carboxylic acids is 1. The number of rotatable bonds is 9. The fourth-order valence-electron chi connectivity index (χ4n) is 4.08. The topological polar surface area (TPSA) is 101 Å². The zero-order valence-corrected chi connectivity index (χ0v) is 20.3. The summed E-state index contributed by atoms with van der Waals surface area (Å²) in [6.07, 6.45) is 0.647. The summed E-state index contributed by atoms with van der Waals surface area (Å²) >= 11 is 6.61. The van der Waals surface area contributed by atoms with Crippen LogP contribution in [0.15, 0.2) is 53.6 Å². The van der Waals surface area contributed by atoms with Gasteiger partial charge < -0.3 is 14.6 Å². The zero-order valence-electron chi connectivity index (χ0n) is 19.5. The van der Waals surface area contributed by atoms with Gasteiger partial charge in [0.2, 0.25) is 5.91 Å². The number of amides is 1. The van der Waals surface area contributed by atoms with Gasteiger partial charge in [-0.05, 0) is 67.4 Å². The molecule has 9 heteroatoms. The molecule has 2 heterocycles. The third-order valence-corrected chi connectivity index (χ3v) is 6.11. The molecule has 0 bridgehead atoms. The predicted octanol–water partition coefficient (Wildman–Crippen LogP) is 5.23. The Morgan fingerprint density at radius 3 is 2.54 bits per heavy atom. The molecule has 0 saturated heterocycles. The number of ether oxygens (including phenoxy) is 2. The SMILES string of the molecule is CCOc1ccc2nc(Cl)c(C3CC(c4ccc(OC)cc4)=NN3C(=O)CCCC(=O)O)cc2c1. The molecule has 1 unspecified atom stereocenters. The van der Waals surface area contributed by atoms with Crippen LogP contribution in [-0.4, -0.2) is 46.4 Å². The molecule has 0 spiro atoms. The van der Waals surface area contributed by atoms with Crippen LogP contribution in [0, 0.1) is 0 Å². The number of halogens is 1. The van der Waals surface area contributed by atoms with Crippen LogP contribution in [0.4, 0.5) is 0 Å². The summed E-state index contributed by atoms with van der Waals surface area (Å²) in [6, 6.07) is 14.5. The third kappa shape index (κ3) is 5.54. The molecular formula is C26H26ClN3O5. The summed E-state index contributed by atoms with van der Waals surface area (Å²) in [5.41, 5.74) is 2.98. The van der Waals surface area contributed by atoms with Crippen molar-refractivity contribution in [3.63, 3.8) is 0 Å². The normalized spacial score (nSPS) is 15.2. The largest absolute Gasteiger partial charge is 0.497 e. The Balaban J connectivity index is 1.70. The highest BCUT2D eigenvalue weighted by atomic mass is 35.5. The third-order valence-electron chi connectivity index (χ3n) is 5.81. The lowest BCUT2D eigenvalue weighted by Crippen LogP contribution is -2.27. The van der Waals surface area contributed by atoms with Gasteiger partial charge in [0.25, 0.3) is 0 Å². The van der Waals surface area contributed by atoms with Crippen molar-refractivity contribution in [3.05, 3.63) is 64.8 Å². The van der Waals surface area contributed by atoms with Crippen molar-refractivity contribution in [2.24, 2.45) is 5.10 Å². The van der Waals surface area contributed by atoms with E-state index in [0.717, 1.165) is 33.7 Å². The maximum absolute atomic E-state index is 13.1. The van der Waals surface area contributed by atoms with Crippen LogP contribution < -0.4 is 9.47 Å². The minimum Gasteiger partial charge on any atom is -0.497 e. The van der Waals surface area contributed by atoms with Gasteiger partial charge in [0.05, 0.1) is 31.0 Å². The van der Waals surface area contributed by atoms with Gasteiger partial charge in [-0.1, -0.05) is 11.6 Å². The quantitative estimate of drug-likeness (QED) is 0.408. The number of pyridine rings is 1. The Kier molecular flexibility index (Phi) is 7.51. The molecule has 0 saturated carbocycles. The lowest BCUT2D eigenvalue weighted by molar-refractivity contribution is -0.137. The molecule has 2 aromatic carbocycles. The molecule has 35 heavy (non-hydrogen) atoms. The van der Waals surface area contributed by atoms with Gasteiger partial charge in [0.1, 0.15) is 16.7 Å². The van der Waals surface area contributed by atoms with Gasteiger partial charge in [-0.2, -0.15) is 5.10 Å². The van der Waals surface area contributed by atoms with Crippen molar-refractivity contribution in [2.75, 3.05) is 13.7 Å². The summed E-state index contributed by atoms with van der Waals surface area (Å²) in [5.74, 6) is 0.236. The molecule has 0 fully saturated rings. The number of aromatic nitrogens is 1. The smallest absolute Gasteiger partial charge is 0.303 e. The van der Waals surface area contributed by atoms with Crippen molar-refractivity contribution in [1.82, 2.24) is 9.99 Å². The standard InChI is InChI=1S/C26H26ClN3O5/c1-3-35-19-11-12-21-17(13-19)14-20(26(27)28-21)23-15-22(16-7-9-18(34-2)10-8-16)29-30(23)24(31)5-4-6-25(32)33/h7-14,23H,3-6,15H2,1-2H3,(H,32,33). The minimum absolute atomic E-state index is 0.0648. The van der Waals surface area contributed by atoms with Crippen LogP contribution in [0.2, 0.25) is 5.15 Å². The monoisotopic (exact) mass is 495 g/mol. The Morgan fingerprint density at radius 2 is 1.86 bits per heavy atom. The highest BCUT2D eigenvalue weighted by molar-refractivity contribution is 6.30. The molecule has 0 aliphatic carbocycles. The number of fused-ring (bicyclic) bond motifs is 1. The number of aliphatic carboxylic acids is 1. The molecule has 4 rings (SSSR count). The van der Waals surface area contributed by atoms with E-state index in [0.29, 0.717) is 23.7 Å². The van der Waals surface area contributed by atoms with Gasteiger partial charge in [0.15, 0.2) is 0 Å². The van der Waals surface area contributed by atoms with Crippen LogP contribution >= 0.6 is 11.6 Å². The summed E-state index contributed by atoms with van der Waals surface area (Å²) in [4.78, 5) is 28.6. The Hall–Kier alpha value is -3.65. The fourth-order valence-corrected chi connectivity index (χ4v) is 4.35. The molecule has 1 N–H and O–H groups in total. The number of carbonyl (C=O) groups excluding carboxylic acids is 1. The molecule has 0 radical (unpaired) electrons. The molecule has 1 atom stereocenters. The molecule has 3 aromatic rings. The fraction of sp³-hybridized carbons (Fsp3) is 0.308. The maximum Gasteiger partial charge on any atom is 0.303 e. The highest BCUT2D eigenvalue weighted by Crippen LogP contribution is 2.38. The van der Waals surface area contributed by atoms with Gasteiger partial charge in [-0.3, -0.25) is 9.59 Å². The zero-order chi connectivity index (χ0) is 24.9. The lowest BCUT2D eigenvalue weighted by Gasteiger charge is -2.23. The van der Waals surface area contributed by atoms with Gasteiger partial charge in [-0.25, -0.2) is 9.99 Å². The number of carbonyl (C=O) groups is 2. The molecular weight excluding hydrogens is 470 g/mol. The van der Waals surface area contributed by atoms with E-state index in [9.17, 15) is 9.59 Å². The van der Waals surface area contributed by atoms with E-state index in [2.05, 4.69) is 10.1 Å². The average Bonchev–Trinajstić information content (AvgIpc) is 3.29. The minimum atomic E-state index is -0.940. The number of methoxy groups -OCH3 is 1. The van der Waals surface area contributed by atoms with E-state index in [-0.39, 0.29) is 25.2 Å². The van der Waals surface area contributed by atoms with Gasteiger partial charge in [-0.15, -0.1) is 0 Å². The Labute approximate surface area is 208 Å². The first-order valence-corrected chi connectivity index (χ1v) is 11.8. The van der Waals surface area contributed by atoms with E-state index >= 15 is 0 Å². The van der Waals surface area contributed by atoms with Crippen molar-refractivity contribution in [2.45, 2.75) is 38.6 Å². The molecule has 1 aliphatic heterocycles. The van der Waals surface area contributed by atoms with Crippen molar-refractivity contribution in [1.29, 1.82) is 0 Å². The molecule has 1 amide bonds. The maximum atomic E-state index is 13.1. The highest BCUT2D eigenvalue weighted by Gasteiger charge is 2.34. The van der Waals surface area contributed by atoms with Crippen LogP contribution in [-0.2, 0) is 9.59 Å². The molecule has 8 nitrogen and oxygen atoms in total. The first-order valence-electron chi connectivity index (χ1n) is 11.4. The average molecular weight is 496 g/mol. The number of carboxylic acid groups (broad SMARTS) is 1. The Bertz CT molecular complexity index is 1280. The Morgan fingerprint density at radius 1 is 1.11 bits per heavy atom. The summed E-state index contributed by atoms with van der Waals surface area (Å²) in [6.45, 7) is 2.46. The van der Waals surface area contributed by atoms with Crippen LogP contribution in [0.5, 0.6) is 11.5 Å². The van der Waals surface area contributed by atoms with E-state index in [1.165, 1.54) is 5.01 Å². The molecule has 1 aliphatic rings. The van der Waals surface area contributed by atoms with Crippen LogP contribution in [0.3, 0.4) is 0 Å². The summed E-state index contributed by atoms with van der Waals surface area (Å²) in [7, 11) is 1.60. The van der Waals surface area contributed by atoms with Crippen LogP contribution in [0.25, 0.3) is 10.9 Å². The second kappa shape index (κ2) is 10.7. The second-order valence-electron chi connectivity index (χ2n) is 8.14. The number of hydrogen-bond donors (Lipinski definition) is 1. The van der Waals surface area contributed by atoms with Crippen molar-refractivity contribution >= 4 is 40.1 Å². The number of nitrogens with zero attached hydrogens (tertiary/aromatic N) is 3. The van der Waals surface area contributed by atoms with E-state index in [1.807, 2.05) is 55.5 Å². The number of hydrogen-bond acceptors (Lipinski definition) is 6. The molecule has 1 aromatic heterocycles. The number of benzene rings is 2. The van der Waals surface area contributed by atoms with Crippen LogP contribution in [0.1, 0.15) is 49.8 Å². The predicted molar refractivity (Wildman–Crippen MR) is 133 cm³/mol. The number of hydrazone groups is 1. The van der Waals surface area contributed by atoms with Gasteiger partial charge in [0, 0.05) is 30.2 Å². The van der Waals surface area contributed by atoms with E-state index in [4.69, 9.17) is 26.2 Å². The summed E-state index contributed by atoms with van der Waals surface area (Å²) < 4.78 is 10.9.